The molecule has 0 saturated heterocycles. The molecule has 5 rings (SSSR count). The van der Waals surface area contributed by atoms with Crippen molar-refractivity contribution >= 4 is 0 Å². The quantitative estimate of drug-likeness (QED) is 0.522. The molecule has 2 saturated carbocycles. The maximum atomic E-state index is 11.8. The van der Waals surface area contributed by atoms with Gasteiger partial charge in [-0.05, 0) is 67.8 Å². The van der Waals surface area contributed by atoms with Crippen molar-refractivity contribution in [2.45, 2.75) is 96.3 Å². The highest BCUT2D eigenvalue weighted by molar-refractivity contribution is 5.68. The summed E-state index contributed by atoms with van der Waals surface area (Å²) < 4.78 is 8.65. The molecule has 4 nitrogen and oxygen atoms in total. The smallest absolute Gasteiger partial charge is 0.0956 e. The molecule has 2 fully saturated rings. The van der Waals surface area contributed by atoms with Crippen molar-refractivity contribution in [3.05, 3.63) is 42.4 Å². The van der Waals surface area contributed by atoms with Gasteiger partial charge in [0.15, 0.2) is 0 Å². The van der Waals surface area contributed by atoms with Gasteiger partial charge in [0.2, 0.25) is 0 Å². The highest BCUT2D eigenvalue weighted by Crippen LogP contribution is 2.51. The summed E-state index contributed by atoms with van der Waals surface area (Å²) in [5.41, 5.74) is 3.76. The van der Waals surface area contributed by atoms with Gasteiger partial charge in [-0.3, -0.25) is 0 Å². The summed E-state index contributed by atoms with van der Waals surface area (Å²) in [6.45, 7) is 5.58. The standard InChI is InChI=1S/C28H40N2O2/c1-3-20(2)28(14-12-22(13-15-28)32-18-21-8-4-5-9-21)27(31)16-25-23-10-6-7-11-24(23)26-17-29-19-30(25)26/h6-7,10-11,17,19-22,25,27,31H,3-5,8-9,12-16,18H2,1-2H3. The average Bonchev–Trinajstić information content (AvgIpc) is 3.57. The van der Waals surface area contributed by atoms with Gasteiger partial charge in [0.05, 0.1) is 36.5 Å². The van der Waals surface area contributed by atoms with Crippen LogP contribution in [-0.4, -0.2) is 33.5 Å². The van der Waals surface area contributed by atoms with E-state index in [1.807, 2.05) is 12.5 Å². The molecule has 2 heterocycles. The number of aromatic nitrogens is 2. The molecule has 3 aliphatic rings. The number of nitrogens with zero attached hydrogens (tertiary/aromatic N) is 2. The summed E-state index contributed by atoms with van der Waals surface area (Å²) in [4.78, 5) is 4.41. The van der Waals surface area contributed by atoms with Gasteiger partial charge in [-0.15, -0.1) is 0 Å². The van der Waals surface area contributed by atoms with Crippen LogP contribution in [0.1, 0.15) is 89.7 Å². The van der Waals surface area contributed by atoms with Crippen LogP contribution >= 0.6 is 0 Å². The predicted octanol–water partition coefficient (Wildman–Crippen LogP) is 6.39. The Bertz CT molecular complexity index is 892. The molecule has 0 radical (unpaired) electrons. The lowest BCUT2D eigenvalue weighted by molar-refractivity contribution is -0.0902. The van der Waals surface area contributed by atoms with Crippen LogP contribution in [0.5, 0.6) is 0 Å². The Morgan fingerprint density at radius 1 is 1.16 bits per heavy atom. The summed E-state index contributed by atoms with van der Waals surface area (Å²) in [7, 11) is 0. The van der Waals surface area contributed by atoms with E-state index in [4.69, 9.17) is 4.74 Å². The second kappa shape index (κ2) is 9.30. The number of imidazole rings is 1. The van der Waals surface area contributed by atoms with Crippen LogP contribution in [0.2, 0.25) is 0 Å². The van der Waals surface area contributed by atoms with Crippen molar-refractivity contribution in [1.82, 2.24) is 9.55 Å². The third kappa shape index (κ3) is 3.94. The summed E-state index contributed by atoms with van der Waals surface area (Å²) in [5, 5.41) is 11.8. The zero-order valence-electron chi connectivity index (χ0n) is 19.9. The number of fused-ring (bicyclic) bond motifs is 3. The lowest BCUT2D eigenvalue weighted by atomic mass is 9.60. The van der Waals surface area contributed by atoms with E-state index < -0.39 is 0 Å². The lowest BCUT2D eigenvalue weighted by Gasteiger charge is -2.48. The molecule has 2 aromatic rings. The van der Waals surface area contributed by atoms with Crippen molar-refractivity contribution in [3.8, 4) is 11.3 Å². The molecule has 2 aliphatic carbocycles. The number of aliphatic hydroxyl groups is 1. The molecule has 1 aromatic carbocycles. The topological polar surface area (TPSA) is 47.3 Å². The molecule has 0 spiro atoms. The van der Waals surface area contributed by atoms with Gasteiger partial charge in [0.1, 0.15) is 0 Å². The van der Waals surface area contributed by atoms with Gasteiger partial charge in [-0.2, -0.15) is 0 Å². The first-order valence-corrected chi connectivity index (χ1v) is 13.0. The van der Waals surface area contributed by atoms with Crippen LogP contribution in [0, 0.1) is 17.3 Å². The minimum atomic E-state index is -0.320. The first-order valence-electron chi connectivity index (χ1n) is 13.0. The molecule has 32 heavy (non-hydrogen) atoms. The van der Waals surface area contributed by atoms with Crippen molar-refractivity contribution < 1.29 is 9.84 Å². The molecule has 1 N–H and O–H groups in total. The second-order valence-corrected chi connectivity index (χ2v) is 10.8. The van der Waals surface area contributed by atoms with E-state index in [1.165, 1.54) is 42.5 Å². The molecule has 0 bridgehead atoms. The van der Waals surface area contributed by atoms with Gasteiger partial charge < -0.3 is 14.4 Å². The van der Waals surface area contributed by atoms with Gasteiger partial charge in [0, 0.05) is 12.2 Å². The van der Waals surface area contributed by atoms with Crippen molar-refractivity contribution in [3.63, 3.8) is 0 Å². The van der Waals surface area contributed by atoms with Crippen molar-refractivity contribution in [1.29, 1.82) is 0 Å². The van der Waals surface area contributed by atoms with Crippen LogP contribution in [-0.2, 0) is 4.74 Å². The number of hydrogen-bond donors (Lipinski definition) is 1. The highest BCUT2D eigenvalue weighted by Gasteiger charge is 2.46. The molecule has 1 aromatic heterocycles. The molecule has 0 amide bonds. The third-order valence-corrected chi connectivity index (χ3v) is 9.21. The Labute approximate surface area is 193 Å². The zero-order chi connectivity index (χ0) is 22.1. The third-order valence-electron chi connectivity index (χ3n) is 9.21. The molecule has 4 heteroatoms. The fraction of sp³-hybridized carbons (Fsp3) is 0.679. The molecule has 3 atom stereocenters. The largest absolute Gasteiger partial charge is 0.392 e. The van der Waals surface area contributed by atoms with E-state index in [9.17, 15) is 5.11 Å². The minimum absolute atomic E-state index is 0.0136. The second-order valence-electron chi connectivity index (χ2n) is 10.8. The summed E-state index contributed by atoms with van der Waals surface area (Å²) >= 11 is 0. The number of hydrogen-bond acceptors (Lipinski definition) is 3. The highest BCUT2D eigenvalue weighted by atomic mass is 16.5. The van der Waals surface area contributed by atoms with E-state index in [-0.39, 0.29) is 17.6 Å². The van der Waals surface area contributed by atoms with Gasteiger partial charge in [-0.25, -0.2) is 4.98 Å². The van der Waals surface area contributed by atoms with E-state index >= 15 is 0 Å². The number of benzene rings is 1. The number of aliphatic hydroxyl groups excluding tert-OH is 1. The first-order chi connectivity index (χ1) is 15.6. The Morgan fingerprint density at radius 2 is 1.91 bits per heavy atom. The van der Waals surface area contributed by atoms with E-state index in [0.717, 1.165) is 51.0 Å². The fourth-order valence-corrected chi connectivity index (χ4v) is 6.92. The van der Waals surface area contributed by atoms with Crippen LogP contribution in [0.3, 0.4) is 0 Å². The summed E-state index contributed by atoms with van der Waals surface area (Å²) in [6, 6.07) is 8.81. The minimum Gasteiger partial charge on any atom is -0.392 e. The predicted molar refractivity (Wildman–Crippen MR) is 128 cm³/mol. The van der Waals surface area contributed by atoms with Gasteiger partial charge in [-0.1, -0.05) is 57.4 Å². The Hall–Kier alpha value is -1.65. The fourth-order valence-electron chi connectivity index (χ4n) is 6.92. The van der Waals surface area contributed by atoms with Crippen LogP contribution in [0.4, 0.5) is 0 Å². The zero-order valence-corrected chi connectivity index (χ0v) is 19.9. The summed E-state index contributed by atoms with van der Waals surface area (Å²) in [6.07, 6.45) is 15.6. The lowest BCUT2D eigenvalue weighted by Crippen LogP contribution is -2.46. The van der Waals surface area contributed by atoms with E-state index in [1.54, 1.807) is 0 Å². The Kier molecular flexibility index (Phi) is 6.44. The van der Waals surface area contributed by atoms with Crippen molar-refractivity contribution in [2.24, 2.45) is 17.3 Å². The normalized spacial score (nSPS) is 29.6. The van der Waals surface area contributed by atoms with Gasteiger partial charge >= 0.3 is 0 Å². The van der Waals surface area contributed by atoms with Crippen LogP contribution in [0.25, 0.3) is 11.3 Å². The van der Waals surface area contributed by atoms with Gasteiger partial charge in [0.25, 0.3) is 0 Å². The van der Waals surface area contributed by atoms with E-state index in [2.05, 4.69) is 47.7 Å². The van der Waals surface area contributed by atoms with E-state index in [0.29, 0.717) is 12.0 Å². The summed E-state index contributed by atoms with van der Waals surface area (Å²) in [5.74, 6) is 1.29. The molecule has 1 aliphatic heterocycles. The van der Waals surface area contributed by atoms with Crippen molar-refractivity contribution in [2.75, 3.05) is 6.61 Å². The maximum absolute atomic E-state index is 11.8. The average molecular weight is 437 g/mol. The Morgan fingerprint density at radius 3 is 2.66 bits per heavy atom. The number of rotatable bonds is 8. The molecule has 3 unspecified atom stereocenters. The first kappa shape index (κ1) is 22.2. The number of ether oxygens (including phenoxy) is 1. The van der Waals surface area contributed by atoms with Crippen LogP contribution in [0.15, 0.2) is 36.8 Å². The monoisotopic (exact) mass is 436 g/mol. The molecular formula is C28H40N2O2. The van der Waals surface area contributed by atoms with Crippen LogP contribution < -0.4 is 0 Å². The molecular weight excluding hydrogens is 396 g/mol. The maximum Gasteiger partial charge on any atom is 0.0956 e. The SMILES string of the molecule is CCC(C)C1(C(O)CC2c3ccccc3-c3cncn32)CCC(OCC2CCCC2)CC1. The molecule has 174 valence electrons. The Balaban J connectivity index is 1.29.